The van der Waals surface area contributed by atoms with Crippen molar-refractivity contribution in [2.24, 2.45) is 10.2 Å². The monoisotopic (exact) mass is 369 g/mol. The van der Waals surface area contributed by atoms with Crippen LogP contribution in [0.25, 0.3) is 0 Å². The van der Waals surface area contributed by atoms with Crippen molar-refractivity contribution in [2.75, 3.05) is 32.9 Å². The highest BCUT2D eigenvalue weighted by Gasteiger charge is 2.19. The van der Waals surface area contributed by atoms with E-state index >= 15 is 0 Å². The lowest BCUT2D eigenvalue weighted by Crippen LogP contribution is -2.42. The van der Waals surface area contributed by atoms with Gasteiger partial charge in [-0.25, -0.2) is 4.79 Å². The van der Waals surface area contributed by atoms with Crippen LogP contribution in [0.15, 0.2) is 58.8 Å². The van der Waals surface area contributed by atoms with Gasteiger partial charge in [0.1, 0.15) is 11.4 Å². The van der Waals surface area contributed by atoms with E-state index in [2.05, 4.69) is 10.2 Å². The fourth-order valence-corrected chi connectivity index (χ4v) is 2.47. The van der Waals surface area contributed by atoms with Crippen molar-refractivity contribution in [3.63, 3.8) is 0 Å². The molecule has 0 aliphatic carbocycles. The third kappa shape index (κ3) is 5.11. The molecule has 8 heteroatoms. The van der Waals surface area contributed by atoms with Gasteiger partial charge in [0.05, 0.1) is 24.5 Å². The molecule has 2 aromatic carbocycles. The molecule has 0 radical (unpaired) electrons. The van der Waals surface area contributed by atoms with Gasteiger partial charge in [0.25, 0.3) is 5.91 Å². The van der Waals surface area contributed by atoms with E-state index in [1.165, 1.54) is 12.1 Å². The Balaban J connectivity index is 1.64. The third-order valence-electron chi connectivity index (χ3n) is 3.94. The van der Waals surface area contributed by atoms with Crippen LogP contribution in [0.5, 0.6) is 5.75 Å². The Morgan fingerprint density at radius 2 is 1.74 bits per heavy atom. The van der Waals surface area contributed by atoms with Crippen LogP contribution in [-0.2, 0) is 14.3 Å². The van der Waals surface area contributed by atoms with Crippen LogP contribution >= 0.6 is 0 Å². The average molecular weight is 369 g/mol. The number of carbonyl (C=O) groups excluding carboxylic acids is 2. The molecular formula is C19H19N3O5. The summed E-state index contributed by atoms with van der Waals surface area (Å²) in [6.45, 7) is 1.63. The van der Waals surface area contributed by atoms with E-state index in [9.17, 15) is 14.7 Å². The van der Waals surface area contributed by atoms with Gasteiger partial charge < -0.3 is 19.5 Å². The zero-order valence-corrected chi connectivity index (χ0v) is 14.6. The van der Waals surface area contributed by atoms with E-state index in [0.717, 1.165) is 0 Å². The molecule has 1 heterocycles. The molecule has 1 aliphatic rings. The number of nitrogens with zero attached hydrogens (tertiary/aromatic N) is 3. The van der Waals surface area contributed by atoms with Gasteiger partial charge in [0.2, 0.25) is 0 Å². The first-order valence-electron chi connectivity index (χ1n) is 8.46. The minimum absolute atomic E-state index is 0.128. The minimum Gasteiger partial charge on any atom is -0.508 e. The molecule has 1 amide bonds. The Morgan fingerprint density at radius 1 is 1.04 bits per heavy atom. The molecule has 3 rings (SSSR count). The second kappa shape index (κ2) is 8.91. The number of hydrogen-bond acceptors (Lipinski definition) is 7. The predicted molar refractivity (Wildman–Crippen MR) is 96.4 cm³/mol. The molecule has 0 aromatic heterocycles. The standard InChI is InChI=1S/C19H19N3O5/c23-15-7-5-14(6-8-15)20-21-17-4-2-1-3-16(17)19(25)27-13-18(24)22-9-11-26-12-10-22/h1-8,23H,9-13H2. The van der Waals surface area contributed by atoms with Gasteiger partial charge in [0, 0.05) is 13.1 Å². The van der Waals surface area contributed by atoms with Crippen molar-refractivity contribution in [3.05, 3.63) is 54.1 Å². The molecule has 2 aromatic rings. The Kier molecular flexibility index (Phi) is 6.11. The number of rotatable bonds is 5. The molecule has 1 aliphatic heterocycles. The normalized spacial score (nSPS) is 14.3. The zero-order valence-electron chi connectivity index (χ0n) is 14.6. The lowest BCUT2D eigenvalue weighted by atomic mass is 10.2. The van der Waals surface area contributed by atoms with Crippen LogP contribution in [0.3, 0.4) is 0 Å². The lowest BCUT2D eigenvalue weighted by molar-refractivity contribution is -0.138. The predicted octanol–water partition coefficient (Wildman–Crippen LogP) is 2.82. The quantitative estimate of drug-likeness (QED) is 0.645. The number of phenolic OH excluding ortho intramolecular Hbond substituents is 1. The summed E-state index contributed by atoms with van der Waals surface area (Å²) in [4.78, 5) is 26.0. The van der Waals surface area contributed by atoms with E-state index in [-0.39, 0.29) is 23.8 Å². The van der Waals surface area contributed by atoms with Crippen molar-refractivity contribution in [1.29, 1.82) is 0 Å². The molecule has 0 spiro atoms. The summed E-state index contributed by atoms with van der Waals surface area (Å²) in [7, 11) is 0. The molecule has 0 saturated carbocycles. The van der Waals surface area contributed by atoms with Gasteiger partial charge in [-0.3, -0.25) is 4.79 Å². The molecule has 0 bridgehead atoms. The summed E-state index contributed by atoms with van der Waals surface area (Å²) < 4.78 is 10.3. The maximum atomic E-state index is 12.4. The van der Waals surface area contributed by atoms with E-state index in [0.29, 0.717) is 37.7 Å². The number of amides is 1. The number of ether oxygens (including phenoxy) is 2. The highest BCUT2D eigenvalue weighted by Crippen LogP contribution is 2.24. The van der Waals surface area contributed by atoms with Crippen molar-refractivity contribution in [3.8, 4) is 5.75 Å². The average Bonchev–Trinajstić information content (AvgIpc) is 2.72. The molecule has 27 heavy (non-hydrogen) atoms. The van der Waals surface area contributed by atoms with Crippen molar-refractivity contribution in [1.82, 2.24) is 4.90 Å². The zero-order chi connectivity index (χ0) is 19.1. The number of carbonyl (C=O) groups is 2. The van der Waals surface area contributed by atoms with Crippen LogP contribution in [-0.4, -0.2) is 54.8 Å². The lowest BCUT2D eigenvalue weighted by Gasteiger charge is -2.26. The molecule has 8 nitrogen and oxygen atoms in total. The first kappa shape index (κ1) is 18.5. The highest BCUT2D eigenvalue weighted by atomic mass is 16.5. The third-order valence-corrected chi connectivity index (χ3v) is 3.94. The second-order valence-electron chi connectivity index (χ2n) is 5.80. The van der Waals surface area contributed by atoms with Crippen LogP contribution in [0.1, 0.15) is 10.4 Å². The number of esters is 1. The van der Waals surface area contributed by atoms with Crippen LogP contribution in [0.4, 0.5) is 11.4 Å². The number of hydrogen-bond donors (Lipinski definition) is 1. The number of azo groups is 1. The number of phenols is 1. The Bertz CT molecular complexity index is 829. The van der Waals surface area contributed by atoms with E-state index in [1.807, 2.05) is 0 Å². The van der Waals surface area contributed by atoms with E-state index in [1.54, 1.807) is 41.3 Å². The number of aromatic hydroxyl groups is 1. The van der Waals surface area contributed by atoms with Crippen LogP contribution < -0.4 is 0 Å². The summed E-state index contributed by atoms with van der Waals surface area (Å²) in [6, 6.07) is 12.8. The van der Waals surface area contributed by atoms with Crippen molar-refractivity contribution >= 4 is 23.3 Å². The molecular weight excluding hydrogens is 350 g/mol. The fourth-order valence-electron chi connectivity index (χ4n) is 2.47. The van der Waals surface area contributed by atoms with Gasteiger partial charge in [0.15, 0.2) is 6.61 Å². The number of morpholine rings is 1. The first-order chi connectivity index (χ1) is 13.1. The summed E-state index contributed by atoms with van der Waals surface area (Å²) in [5.74, 6) is -0.769. The molecule has 0 unspecified atom stereocenters. The molecule has 0 atom stereocenters. The van der Waals surface area contributed by atoms with Gasteiger partial charge in [-0.1, -0.05) is 12.1 Å². The summed E-state index contributed by atoms with van der Waals surface area (Å²) in [5.41, 5.74) is 1.07. The van der Waals surface area contributed by atoms with E-state index < -0.39 is 5.97 Å². The van der Waals surface area contributed by atoms with Crippen LogP contribution in [0.2, 0.25) is 0 Å². The SMILES string of the molecule is O=C(OCC(=O)N1CCOCC1)c1ccccc1N=Nc1ccc(O)cc1. The molecule has 1 N–H and O–H groups in total. The summed E-state index contributed by atoms with van der Waals surface area (Å²) in [6.07, 6.45) is 0. The Morgan fingerprint density at radius 3 is 2.48 bits per heavy atom. The summed E-state index contributed by atoms with van der Waals surface area (Å²) in [5, 5.41) is 17.4. The second-order valence-corrected chi connectivity index (χ2v) is 5.80. The maximum Gasteiger partial charge on any atom is 0.340 e. The summed E-state index contributed by atoms with van der Waals surface area (Å²) >= 11 is 0. The minimum atomic E-state index is -0.642. The van der Waals surface area contributed by atoms with Gasteiger partial charge >= 0.3 is 5.97 Å². The largest absolute Gasteiger partial charge is 0.508 e. The molecule has 1 saturated heterocycles. The fraction of sp³-hybridized carbons (Fsp3) is 0.263. The Hall–Kier alpha value is -3.26. The van der Waals surface area contributed by atoms with Gasteiger partial charge in [-0.05, 0) is 36.4 Å². The van der Waals surface area contributed by atoms with Gasteiger partial charge in [-0.15, -0.1) is 5.11 Å². The first-order valence-corrected chi connectivity index (χ1v) is 8.46. The topological polar surface area (TPSA) is 101 Å². The van der Waals surface area contributed by atoms with Crippen LogP contribution in [0, 0.1) is 0 Å². The van der Waals surface area contributed by atoms with Gasteiger partial charge in [-0.2, -0.15) is 5.11 Å². The molecule has 140 valence electrons. The van der Waals surface area contributed by atoms with Crippen molar-refractivity contribution in [2.45, 2.75) is 0 Å². The smallest absolute Gasteiger partial charge is 0.340 e. The maximum absolute atomic E-state index is 12.4. The molecule has 1 fully saturated rings. The highest BCUT2D eigenvalue weighted by molar-refractivity contribution is 5.96. The Labute approximate surface area is 156 Å². The van der Waals surface area contributed by atoms with Crippen molar-refractivity contribution < 1.29 is 24.2 Å². The number of benzene rings is 2. The van der Waals surface area contributed by atoms with E-state index in [4.69, 9.17) is 9.47 Å².